The van der Waals surface area contributed by atoms with E-state index in [0.29, 0.717) is 35.0 Å². The number of halogens is 4. The number of carbonyl (C=O) groups excluding carboxylic acids is 2. The fraction of sp³-hybridized carbons (Fsp3) is 0.167. The van der Waals surface area contributed by atoms with Crippen LogP contribution >= 0.6 is 0 Å². The molecule has 218 valence electrons. The predicted molar refractivity (Wildman–Crippen MR) is 147 cm³/mol. The fourth-order valence-electron chi connectivity index (χ4n) is 4.02. The molecule has 4 aromatic rings. The summed E-state index contributed by atoms with van der Waals surface area (Å²) in [6.45, 7) is 2.11. The van der Waals surface area contributed by atoms with Gasteiger partial charge in [0.05, 0.1) is 23.4 Å². The van der Waals surface area contributed by atoms with Crippen LogP contribution in [0.15, 0.2) is 71.5 Å². The van der Waals surface area contributed by atoms with Crippen molar-refractivity contribution >= 4 is 23.3 Å². The summed E-state index contributed by atoms with van der Waals surface area (Å²) >= 11 is 0. The van der Waals surface area contributed by atoms with E-state index in [1.54, 1.807) is 31.2 Å². The van der Waals surface area contributed by atoms with Crippen LogP contribution in [0.4, 0.5) is 29.1 Å². The molecule has 0 bridgehead atoms. The van der Waals surface area contributed by atoms with Crippen LogP contribution in [0.25, 0.3) is 5.69 Å². The predicted octanol–water partition coefficient (Wildman–Crippen LogP) is 5.40. The molecule has 0 amide bonds. The number of esters is 1. The van der Waals surface area contributed by atoms with Gasteiger partial charge < -0.3 is 20.5 Å². The Bertz CT molecular complexity index is 1680. The maximum atomic E-state index is 15.1. The van der Waals surface area contributed by atoms with E-state index in [0.717, 1.165) is 36.4 Å². The first-order valence-electron chi connectivity index (χ1n) is 12.8. The van der Waals surface area contributed by atoms with Crippen LogP contribution < -0.4 is 26.1 Å². The van der Waals surface area contributed by atoms with Crippen LogP contribution in [0.3, 0.4) is 0 Å². The number of benzene rings is 3. The number of pyridine rings is 1. The van der Waals surface area contributed by atoms with Crippen molar-refractivity contribution in [2.75, 3.05) is 24.2 Å². The number of ketones is 1. The van der Waals surface area contributed by atoms with Crippen LogP contribution in [0.5, 0.6) is 11.5 Å². The summed E-state index contributed by atoms with van der Waals surface area (Å²) in [6.07, 6.45) is 0.617. The zero-order chi connectivity index (χ0) is 30.4. The van der Waals surface area contributed by atoms with E-state index in [1.165, 1.54) is 0 Å². The summed E-state index contributed by atoms with van der Waals surface area (Å²) in [5, 5.41) is 3.10. The Morgan fingerprint density at radius 2 is 1.60 bits per heavy atom. The highest BCUT2D eigenvalue weighted by Gasteiger charge is 2.23. The lowest BCUT2D eigenvalue weighted by Crippen LogP contribution is -2.25. The second-order valence-corrected chi connectivity index (χ2v) is 8.95. The third-order valence-corrected chi connectivity index (χ3v) is 6.07. The highest BCUT2D eigenvalue weighted by Crippen LogP contribution is 2.28. The first-order valence-corrected chi connectivity index (χ1v) is 12.8. The summed E-state index contributed by atoms with van der Waals surface area (Å²) in [5.41, 5.74) is 3.78. The minimum Gasteiger partial charge on any atom is -0.493 e. The molecule has 1 aromatic heterocycles. The Morgan fingerprint density at radius 1 is 0.905 bits per heavy atom. The van der Waals surface area contributed by atoms with Gasteiger partial charge in [-0.3, -0.25) is 19.0 Å². The van der Waals surface area contributed by atoms with Gasteiger partial charge >= 0.3 is 5.97 Å². The van der Waals surface area contributed by atoms with Gasteiger partial charge in [-0.2, -0.15) is 0 Å². The number of ether oxygens (including phenoxy) is 2. The van der Waals surface area contributed by atoms with Gasteiger partial charge in [0, 0.05) is 37.2 Å². The first-order chi connectivity index (χ1) is 20.1. The van der Waals surface area contributed by atoms with Gasteiger partial charge in [0.2, 0.25) is 0 Å². The Balaban J connectivity index is 1.47. The molecule has 0 unspecified atom stereocenters. The largest absolute Gasteiger partial charge is 0.493 e. The van der Waals surface area contributed by atoms with Gasteiger partial charge in [0.1, 0.15) is 28.9 Å². The van der Waals surface area contributed by atoms with E-state index in [9.17, 15) is 23.2 Å². The highest BCUT2D eigenvalue weighted by molar-refractivity contribution is 6.11. The zero-order valence-electron chi connectivity index (χ0n) is 22.3. The van der Waals surface area contributed by atoms with Gasteiger partial charge in [0.15, 0.2) is 23.2 Å². The van der Waals surface area contributed by atoms with Gasteiger partial charge in [0.25, 0.3) is 5.56 Å². The van der Waals surface area contributed by atoms with Crippen molar-refractivity contribution in [3.05, 3.63) is 111 Å². The lowest BCUT2D eigenvalue weighted by Gasteiger charge is -2.16. The summed E-state index contributed by atoms with van der Waals surface area (Å²) in [7, 11) is 0. The molecule has 0 atom stereocenters. The number of nitrogens with zero attached hydrogens (tertiary/aromatic N) is 1. The van der Waals surface area contributed by atoms with E-state index in [2.05, 4.69) is 5.32 Å². The lowest BCUT2D eigenvalue weighted by molar-refractivity contribution is -0.133. The molecule has 3 N–H and O–H groups in total. The van der Waals surface area contributed by atoms with E-state index >= 15 is 8.78 Å². The molecule has 0 aliphatic heterocycles. The number of nitrogen functional groups attached to an aromatic ring is 1. The molecule has 0 radical (unpaired) electrons. The number of carbonyl (C=O) groups is 2. The topological polar surface area (TPSA) is 113 Å². The monoisotopic (exact) mass is 583 g/mol. The summed E-state index contributed by atoms with van der Waals surface area (Å²) < 4.78 is 68.9. The van der Waals surface area contributed by atoms with Crippen molar-refractivity contribution in [3.8, 4) is 17.2 Å². The molecule has 3 aromatic carbocycles. The van der Waals surface area contributed by atoms with E-state index < -0.39 is 57.2 Å². The third-order valence-electron chi connectivity index (χ3n) is 6.07. The van der Waals surface area contributed by atoms with Gasteiger partial charge in [-0.1, -0.05) is 19.1 Å². The molecule has 0 saturated heterocycles. The molecule has 42 heavy (non-hydrogen) atoms. The number of para-hydroxylation sites is 2. The molecule has 0 saturated carbocycles. The molecule has 0 aliphatic rings. The molecule has 1 heterocycles. The summed E-state index contributed by atoms with van der Waals surface area (Å²) in [5.74, 6) is -6.34. The average molecular weight is 584 g/mol. The summed E-state index contributed by atoms with van der Waals surface area (Å²) in [4.78, 5) is 37.0. The SMILES string of the molecule is CCC(=O)Oc1ccccc1NCCCOc1cc(F)c(-n2c(N)c(C(=O)c3ccc(F)cc3F)ccc2=O)c(F)c1. The van der Waals surface area contributed by atoms with Crippen LogP contribution in [0.1, 0.15) is 35.7 Å². The maximum absolute atomic E-state index is 15.1. The molecule has 4 rings (SSSR count). The van der Waals surface area contributed by atoms with Gasteiger partial charge in [-0.15, -0.1) is 0 Å². The van der Waals surface area contributed by atoms with Crippen LogP contribution in [0, 0.1) is 23.3 Å². The average Bonchev–Trinajstić information content (AvgIpc) is 2.94. The number of nitrogens with one attached hydrogen (secondary N) is 1. The van der Waals surface area contributed by atoms with Crippen molar-refractivity contribution < 1.29 is 36.6 Å². The second kappa shape index (κ2) is 13.0. The van der Waals surface area contributed by atoms with Crippen LogP contribution in [-0.2, 0) is 4.79 Å². The highest BCUT2D eigenvalue weighted by atomic mass is 19.1. The number of nitrogens with two attached hydrogens (primary N) is 1. The molecule has 8 nitrogen and oxygen atoms in total. The van der Waals surface area contributed by atoms with Crippen LogP contribution in [-0.4, -0.2) is 29.5 Å². The number of aromatic nitrogens is 1. The van der Waals surface area contributed by atoms with Gasteiger partial charge in [-0.25, -0.2) is 17.6 Å². The number of hydrogen-bond acceptors (Lipinski definition) is 7. The standard InChI is InChI=1S/C30H25F4N3O5/c1-2-27(39)42-25-7-4-3-6-24(25)36-12-5-13-41-18-15-22(33)28(23(34)16-18)37-26(38)11-10-20(30(37)35)29(40)19-9-8-17(31)14-21(19)32/h3-4,6-11,14-16,36H,2,5,12-13,35H2,1H3. The zero-order valence-corrected chi connectivity index (χ0v) is 22.3. The van der Waals surface area contributed by atoms with Crippen molar-refractivity contribution in [1.29, 1.82) is 0 Å². The molecule has 0 aliphatic carbocycles. The molecular formula is C30H25F4N3O5. The van der Waals surface area contributed by atoms with Crippen molar-refractivity contribution in [2.45, 2.75) is 19.8 Å². The normalized spacial score (nSPS) is 10.8. The number of anilines is 2. The Kier molecular flexibility index (Phi) is 9.25. The maximum Gasteiger partial charge on any atom is 0.310 e. The Hall–Kier alpha value is -5.13. The fourth-order valence-corrected chi connectivity index (χ4v) is 4.02. The lowest BCUT2D eigenvalue weighted by atomic mass is 10.0. The minimum atomic E-state index is -1.21. The van der Waals surface area contributed by atoms with Crippen molar-refractivity contribution in [1.82, 2.24) is 4.57 Å². The minimum absolute atomic E-state index is 0.0530. The first kappa shape index (κ1) is 29.8. The van der Waals surface area contributed by atoms with Crippen molar-refractivity contribution in [3.63, 3.8) is 0 Å². The number of hydrogen-bond donors (Lipinski definition) is 2. The number of rotatable bonds is 11. The quantitative estimate of drug-likeness (QED) is 0.0799. The third kappa shape index (κ3) is 6.60. The Morgan fingerprint density at radius 3 is 2.29 bits per heavy atom. The molecular weight excluding hydrogens is 558 g/mol. The molecule has 12 heteroatoms. The van der Waals surface area contributed by atoms with Crippen molar-refractivity contribution in [2.24, 2.45) is 0 Å². The Labute approximate surface area is 237 Å². The van der Waals surface area contributed by atoms with Gasteiger partial charge in [-0.05, 0) is 36.8 Å². The smallest absolute Gasteiger partial charge is 0.310 e. The van der Waals surface area contributed by atoms with E-state index in [1.807, 2.05) is 0 Å². The second-order valence-electron chi connectivity index (χ2n) is 8.95. The summed E-state index contributed by atoms with van der Waals surface area (Å²) in [6, 6.07) is 12.7. The van der Waals surface area contributed by atoms with Crippen LogP contribution in [0.2, 0.25) is 0 Å². The molecule has 0 fully saturated rings. The van der Waals surface area contributed by atoms with E-state index in [-0.39, 0.29) is 24.7 Å². The molecule has 0 spiro atoms. The van der Waals surface area contributed by atoms with E-state index in [4.69, 9.17) is 15.2 Å².